The molecule has 2 N–H and O–H groups in total. The summed E-state index contributed by atoms with van der Waals surface area (Å²) in [6.07, 6.45) is 8.54. The Hall–Kier alpha value is -1.06. The SMILES string of the molecule is OC(CC1CCCCC1)c1cc(Cl)cc2cn[nH]c12. The first-order chi connectivity index (χ1) is 9.24. The van der Waals surface area contributed by atoms with E-state index in [0.717, 1.165) is 22.9 Å². The Morgan fingerprint density at radius 1 is 1.32 bits per heavy atom. The van der Waals surface area contributed by atoms with E-state index in [-0.39, 0.29) is 0 Å². The first-order valence-corrected chi connectivity index (χ1v) is 7.42. The molecule has 1 atom stereocenters. The first-order valence-electron chi connectivity index (χ1n) is 7.04. The van der Waals surface area contributed by atoms with Crippen LogP contribution in [-0.2, 0) is 0 Å². The van der Waals surface area contributed by atoms with Crippen LogP contribution < -0.4 is 0 Å². The Labute approximate surface area is 118 Å². The van der Waals surface area contributed by atoms with E-state index in [1.165, 1.54) is 32.1 Å². The van der Waals surface area contributed by atoms with Gasteiger partial charge in [-0.1, -0.05) is 43.7 Å². The molecule has 1 aromatic heterocycles. The average molecular weight is 279 g/mol. The summed E-state index contributed by atoms with van der Waals surface area (Å²) in [6, 6.07) is 3.73. The smallest absolute Gasteiger partial charge is 0.0814 e. The van der Waals surface area contributed by atoms with Crippen molar-refractivity contribution in [3.05, 3.63) is 28.9 Å². The largest absolute Gasteiger partial charge is 0.388 e. The molecule has 1 aliphatic carbocycles. The quantitative estimate of drug-likeness (QED) is 0.883. The molecule has 2 aromatic rings. The normalized spacial score (nSPS) is 18.8. The maximum atomic E-state index is 10.5. The molecule has 0 amide bonds. The molecule has 3 rings (SSSR count). The average Bonchev–Trinajstić information content (AvgIpc) is 2.86. The summed E-state index contributed by atoms with van der Waals surface area (Å²) in [7, 11) is 0. The number of aromatic amines is 1. The Bertz CT molecular complexity index is 560. The fourth-order valence-corrected chi connectivity index (χ4v) is 3.41. The van der Waals surface area contributed by atoms with E-state index in [4.69, 9.17) is 11.6 Å². The zero-order chi connectivity index (χ0) is 13.2. The van der Waals surface area contributed by atoms with Crippen molar-refractivity contribution in [3.8, 4) is 0 Å². The highest BCUT2D eigenvalue weighted by Gasteiger charge is 2.20. The summed E-state index contributed by atoms with van der Waals surface area (Å²) in [6.45, 7) is 0. The zero-order valence-electron chi connectivity index (χ0n) is 10.9. The van der Waals surface area contributed by atoms with Gasteiger partial charge >= 0.3 is 0 Å². The van der Waals surface area contributed by atoms with E-state index < -0.39 is 6.10 Å². The number of fused-ring (bicyclic) bond motifs is 1. The van der Waals surface area contributed by atoms with Crippen LogP contribution in [0.4, 0.5) is 0 Å². The van der Waals surface area contributed by atoms with E-state index >= 15 is 0 Å². The lowest BCUT2D eigenvalue weighted by Crippen LogP contribution is -2.11. The summed E-state index contributed by atoms with van der Waals surface area (Å²) in [4.78, 5) is 0. The third-order valence-corrected chi connectivity index (χ3v) is 4.40. The third-order valence-electron chi connectivity index (χ3n) is 4.18. The molecular formula is C15H19ClN2O. The van der Waals surface area contributed by atoms with E-state index in [1.807, 2.05) is 12.1 Å². The van der Waals surface area contributed by atoms with Crippen molar-refractivity contribution in [2.24, 2.45) is 5.92 Å². The molecule has 0 saturated heterocycles. The predicted molar refractivity (Wildman–Crippen MR) is 77.3 cm³/mol. The standard InChI is InChI=1S/C15H19ClN2O/c16-12-7-11-9-17-18-15(11)13(8-12)14(19)6-10-4-2-1-3-5-10/h7-10,14,19H,1-6H2,(H,17,18). The highest BCUT2D eigenvalue weighted by molar-refractivity contribution is 6.31. The molecule has 1 heterocycles. The lowest BCUT2D eigenvalue weighted by atomic mass is 9.84. The van der Waals surface area contributed by atoms with Crippen molar-refractivity contribution in [3.63, 3.8) is 0 Å². The summed E-state index contributed by atoms with van der Waals surface area (Å²) in [5.74, 6) is 0.640. The number of halogens is 1. The number of benzene rings is 1. The highest BCUT2D eigenvalue weighted by atomic mass is 35.5. The van der Waals surface area contributed by atoms with Gasteiger partial charge in [0.25, 0.3) is 0 Å². The summed E-state index contributed by atoms with van der Waals surface area (Å²) >= 11 is 6.11. The summed E-state index contributed by atoms with van der Waals surface area (Å²) in [5.41, 5.74) is 1.79. The number of hydrogen-bond donors (Lipinski definition) is 2. The Kier molecular flexibility index (Phi) is 3.76. The van der Waals surface area contributed by atoms with Crippen LogP contribution in [0.25, 0.3) is 10.9 Å². The zero-order valence-corrected chi connectivity index (χ0v) is 11.7. The second kappa shape index (κ2) is 5.51. The molecule has 1 aromatic carbocycles. The van der Waals surface area contributed by atoms with Crippen LogP contribution >= 0.6 is 11.6 Å². The minimum absolute atomic E-state index is 0.454. The van der Waals surface area contributed by atoms with Crippen molar-refractivity contribution in [1.29, 1.82) is 0 Å². The van der Waals surface area contributed by atoms with Gasteiger partial charge in [-0.05, 0) is 24.5 Å². The molecule has 1 fully saturated rings. The third kappa shape index (κ3) is 2.77. The Morgan fingerprint density at radius 3 is 2.89 bits per heavy atom. The second-order valence-corrected chi connectivity index (χ2v) is 6.02. The molecule has 102 valence electrons. The second-order valence-electron chi connectivity index (χ2n) is 5.58. The topological polar surface area (TPSA) is 48.9 Å². The van der Waals surface area contributed by atoms with Gasteiger partial charge < -0.3 is 5.11 Å². The van der Waals surface area contributed by atoms with Gasteiger partial charge in [0.2, 0.25) is 0 Å². The molecule has 0 spiro atoms. The molecule has 19 heavy (non-hydrogen) atoms. The minimum Gasteiger partial charge on any atom is -0.388 e. The monoisotopic (exact) mass is 278 g/mol. The highest BCUT2D eigenvalue weighted by Crippen LogP contribution is 2.34. The van der Waals surface area contributed by atoms with Crippen molar-refractivity contribution in [2.75, 3.05) is 0 Å². The Morgan fingerprint density at radius 2 is 2.11 bits per heavy atom. The first kappa shape index (κ1) is 12.9. The number of nitrogens with zero attached hydrogens (tertiary/aromatic N) is 1. The summed E-state index contributed by atoms with van der Waals surface area (Å²) < 4.78 is 0. The van der Waals surface area contributed by atoms with Gasteiger partial charge in [-0.15, -0.1) is 0 Å². The molecule has 1 unspecified atom stereocenters. The van der Waals surface area contributed by atoms with Crippen molar-refractivity contribution >= 4 is 22.5 Å². The van der Waals surface area contributed by atoms with Gasteiger partial charge in [-0.2, -0.15) is 5.10 Å². The number of hydrogen-bond acceptors (Lipinski definition) is 2. The van der Waals surface area contributed by atoms with Gasteiger partial charge in [0, 0.05) is 16.0 Å². The maximum Gasteiger partial charge on any atom is 0.0814 e. The molecular weight excluding hydrogens is 260 g/mol. The van der Waals surface area contributed by atoms with E-state index in [2.05, 4.69) is 10.2 Å². The lowest BCUT2D eigenvalue weighted by Gasteiger charge is -2.24. The number of rotatable bonds is 3. The van der Waals surface area contributed by atoms with E-state index in [1.54, 1.807) is 6.20 Å². The molecule has 4 heteroatoms. The van der Waals surface area contributed by atoms with Gasteiger partial charge in [0.05, 0.1) is 17.8 Å². The van der Waals surface area contributed by atoms with Crippen LogP contribution in [-0.4, -0.2) is 15.3 Å². The van der Waals surface area contributed by atoms with Crippen LogP contribution in [0.1, 0.15) is 50.2 Å². The molecule has 1 aliphatic rings. The molecule has 0 radical (unpaired) electrons. The van der Waals surface area contributed by atoms with Crippen LogP contribution in [0.2, 0.25) is 5.02 Å². The molecule has 3 nitrogen and oxygen atoms in total. The van der Waals surface area contributed by atoms with Crippen molar-refractivity contribution in [1.82, 2.24) is 10.2 Å². The van der Waals surface area contributed by atoms with Crippen LogP contribution in [0.5, 0.6) is 0 Å². The van der Waals surface area contributed by atoms with Crippen molar-refractivity contribution < 1.29 is 5.11 Å². The fourth-order valence-electron chi connectivity index (χ4n) is 3.18. The van der Waals surface area contributed by atoms with E-state index in [9.17, 15) is 5.11 Å². The number of nitrogens with one attached hydrogen (secondary N) is 1. The Balaban J connectivity index is 1.83. The number of aliphatic hydroxyl groups excluding tert-OH is 1. The maximum absolute atomic E-state index is 10.5. The van der Waals surface area contributed by atoms with Gasteiger partial charge in [-0.25, -0.2) is 0 Å². The van der Waals surface area contributed by atoms with Gasteiger partial charge in [0.1, 0.15) is 0 Å². The van der Waals surface area contributed by atoms with Crippen molar-refractivity contribution in [2.45, 2.75) is 44.6 Å². The lowest BCUT2D eigenvalue weighted by molar-refractivity contribution is 0.132. The van der Waals surface area contributed by atoms with Gasteiger partial charge in [-0.3, -0.25) is 5.10 Å². The summed E-state index contributed by atoms with van der Waals surface area (Å²) in [5, 5.41) is 19.1. The number of aromatic nitrogens is 2. The van der Waals surface area contributed by atoms with Gasteiger partial charge in [0.15, 0.2) is 0 Å². The van der Waals surface area contributed by atoms with E-state index in [0.29, 0.717) is 10.9 Å². The minimum atomic E-state index is -0.454. The van der Waals surface area contributed by atoms with Crippen LogP contribution in [0.3, 0.4) is 0 Å². The molecule has 0 bridgehead atoms. The van der Waals surface area contributed by atoms with Crippen LogP contribution in [0, 0.1) is 5.92 Å². The number of H-pyrrole nitrogens is 1. The molecule has 0 aliphatic heterocycles. The predicted octanol–water partition coefficient (Wildman–Crippen LogP) is 4.22. The fraction of sp³-hybridized carbons (Fsp3) is 0.533. The number of aliphatic hydroxyl groups is 1. The van der Waals surface area contributed by atoms with Crippen LogP contribution in [0.15, 0.2) is 18.3 Å². The molecule has 1 saturated carbocycles.